The molecule has 1 N–H and O–H groups in total. The van der Waals surface area contributed by atoms with E-state index in [2.05, 4.69) is 39.4 Å². The van der Waals surface area contributed by atoms with Crippen LogP contribution in [0.3, 0.4) is 0 Å². The number of nitrogens with one attached hydrogen (secondary N) is 1. The molecule has 114 valence electrons. The van der Waals surface area contributed by atoms with Gasteiger partial charge in [0.2, 0.25) is 5.91 Å². The Hall–Kier alpha value is -2.36. The van der Waals surface area contributed by atoms with E-state index in [-0.39, 0.29) is 18.2 Å². The number of carbonyl (C=O) groups excluding carboxylic acids is 1. The number of amides is 1. The van der Waals surface area contributed by atoms with Crippen molar-refractivity contribution in [2.45, 2.75) is 5.03 Å². The Balaban J connectivity index is 1.83. The van der Waals surface area contributed by atoms with Gasteiger partial charge in [0.25, 0.3) is 0 Å². The fraction of sp³-hybridized carbons (Fsp3) is 0.118. The summed E-state index contributed by atoms with van der Waals surface area (Å²) in [6.07, 6.45) is 6.66. The van der Waals surface area contributed by atoms with E-state index in [1.165, 1.54) is 18.1 Å². The lowest BCUT2D eigenvalue weighted by Crippen LogP contribution is -2.25. The molecule has 0 aliphatic carbocycles. The van der Waals surface area contributed by atoms with Gasteiger partial charge in [0.1, 0.15) is 16.2 Å². The van der Waals surface area contributed by atoms with Crippen molar-refractivity contribution in [2.75, 3.05) is 12.3 Å². The van der Waals surface area contributed by atoms with Gasteiger partial charge >= 0.3 is 0 Å². The fourth-order valence-electron chi connectivity index (χ4n) is 2.03. The third-order valence-electron chi connectivity index (χ3n) is 3.08. The maximum atomic E-state index is 11.7. The van der Waals surface area contributed by atoms with Crippen molar-refractivity contribution in [2.24, 2.45) is 0 Å². The van der Waals surface area contributed by atoms with Gasteiger partial charge in [-0.3, -0.25) is 4.79 Å². The molecule has 0 aliphatic rings. The van der Waals surface area contributed by atoms with E-state index < -0.39 is 0 Å². The van der Waals surface area contributed by atoms with Crippen LogP contribution in [0.2, 0.25) is 0 Å². The van der Waals surface area contributed by atoms with Gasteiger partial charge in [-0.15, -0.1) is 17.8 Å². The van der Waals surface area contributed by atoms with E-state index in [1.807, 2.05) is 18.2 Å². The Bertz CT molecular complexity index is 868. The van der Waals surface area contributed by atoms with Crippen molar-refractivity contribution in [3.8, 4) is 22.8 Å². The van der Waals surface area contributed by atoms with Gasteiger partial charge in [0.05, 0.1) is 12.3 Å². The van der Waals surface area contributed by atoms with Crippen LogP contribution in [-0.4, -0.2) is 28.2 Å². The molecule has 0 saturated heterocycles. The molecular formula is C17H13N3OS2. The van der Waals surface area contributed by atoms with Crippen LogP contribution < -0.4 is 5.32 Å². The lowest BCUT2D eigenvalue weighted by Gasteiger charge is -2.02. The number of benzene rings is 1. The molecule has 0 bridgehead atoms. The van der Waals surface area contributed by atoms with E-state index in [4.69, 9.17) is 6.42 Å². The molecule has 0 radical (unpaired) electrons. The Morgan fingerprint density at radius 2 is 2.13 bits per heavy atom. The number of aromatic nitrogens is 2. The van der Waals surface area contributed by atoms with Crippen molar-refractivity contribution < 1.29 is 4.79 Å². The molecule has 1 amide bonds. The summed E-state index contributed by atoms with van der Waals surface area (Å²) in [5.41, 5.74) is 1.15. The quantitative estimate of drug-likeness (QED) is 0.441. The Labute approximate surface area is 142 Å². The maximum Gasteiger partial charge on any atom is 0.231 e. The average Bonchev–Trinajstić information content (AvgIpc) is 3.03. The van der Waals surface area contributed by atoms with Crippen LogP contribution in [0.15, 0.2) is 47.8 Å². The molecular weight excluding hydrogens is 326 g/mol. The molecule has 23 heavy (non-hydrogen) atoms. The number of hydrogen-bond acceptors (Lipinski definition) is 5. The highest BCUT2D eigenvalue weighted by Gasteiger charge is 2.11. The van der Waals surface area contributed by atoms with Crippen LogP contribution in [0.25, 0.3) is 20.7 Å². The molecule has 6 heteroatoms. The van der Waals surface area contributed by atoms with Crippen LogP contribution in [0.4, 0.5) is 0 Å². The Kier molecular flexibility index (Phi) is 4.91. The molecule has 0 atom stereocenters. The summed E-state index contributed by atoms with van der Waals surface area (Å²) in [5, 5.41) is 4.43. The van der Waals surface area contributed by atoms with E-state index in [0.29, 0.717) is 0 Å². The Morgan fingerprint density at radius 1 is 1.30 bits per heavy atom. The number of nitrogens with zero attached hydrogens (tertiary/aromatic N) is 2. The molecule has 3 aromatic rings. The van der Waals surface area contributed by atoms with Crippen LogP contribution in [0, 0.1) is 12.3 Å². The largest absolute Gasteiger partial charge is 0.344 e. The molecule has 3 rings (SSSR count). The minimum atomic E-state index is -0.0989. The lowest BCUT2D eigenvalue weighted by atomic mass is 10.2. The van der Waals surface area contributed by atoms with Gasteiger partial charge in [-0.1, -0.05) is 48.0 Å². The van der Waals surface area contributed by atoms with Gasteiger partial charge in [-0.05, 0) is 11.6 Å². The average molecular weight is 339 g/mol. The van der Waals surface area contributed by atoms with Crippen LogP contribution in [0.5, 0.6) is 0 Å². The predicted octanol–water partition coefficient (Wildman–Crippen LogP) is 3.20. The summed E-state index contributed by atoms with van der Waals surface area (Å²) in [6.45, 7) is 0.245. The molecule has 0 spiro atoms. The number of thiophene rings is 1. The van der Waals surface area contributed by atoms with Crippen LogP contribution in [-0.2, 0) is 4.79 Å². The standard InChI is InChI=1S/C17H13N3OS2/c1-2-8-18-15(21)10-22-16-13-9-14(12-6-4-3-5-7-12)23-17(13)20-11-19-16/h1,3-7,9,11H,8,10H2,(H,18,21). The van der Waals surface area contributed by atoms with E-state index >= 15 is 0 Å². The molecule has 2 aromatic heterocycles. The molecule has 0 unspecified atom stereocenters. The molecule has 4 nitrogen and oxygen atoms in total. The van der Waals surface area contributed by atoms with Gasteiger partial charge in [-0.2, -0.15) is 0 Å². The topological polar surface area (TPSA) is 54.9 Å². The van der Waals surface area contributed by atoms with Crippen molar-refractivity contribution >= 4 is 39.2 Å². The number of rotatable bonds is 5. The smallest absolute Gasteiger partial charge is 0.231 e. The first kappa shape index (κ1) is 15.5. The highest BCUT2D eigenvalue weighted by Crippen LogP contribution is 2.35. The van der Waals surface area contributed by atoms with Crippen molar-refractivity contribution in [3.05, 3.63) is 42.7 Å². The van der Waals surface area contributed by atoms with Crippen LogP contribution >= 0.6 is 23.1 Å². The van der Waals surface area contributed by atoms with Crippen LogP contribution in [0.1, 0.15) is 0 Å². The summed E-state index contributed by atoms with van der Waals surface area (Å²) in [4.78, 5) is 22.4. The van der Waals surface area contributed by atoms with E-state index in [9.17, 15) is 4.79 Å². The summed E-state index contributed by atoms with van der Waals surface area (Å²) in [6, 6.07) is 12.2. The zero-order chi connectivity index (χ0) is 16.1. The highest BCUT2D eigenvalue weighted by molar-refractivity contribution is 8.00. The summed E-state index contributed by atoms with van der Waals surface area (Å²) in [5.74, 6) is 2.57. The molecule has 1 aromatic carbocycles. The molecule has 0 saturated carbocycles. The second kappa shape index (κ2) is 7.27. The van der Waals surface area contributed by atoms with E-state index in [0.717, 1.165) is 25.7 Å². The zero-order valence-corrected chi connectivity index (χ0v) is 13.8. The number of thioether (sulfide) groups is 1. The number of carbonyl (C=O) groups is 1. The first-order chi connectivity index (χ1) is 11.3. The molecule has 0 fully saturated rings. The summed E-state index contributed by atoms with van der Waals surface area (Å²) >= 11 is 3.01. The SMILES string of the molecule is C#CCNC(=O)CSc1ncnc2sc(-c3ccccc3)cc12. The lowest BCUT2D eigenvalue weighted by molar-refractivity contribution is -0.118. The van der Waals surface area contributed by atoms with Crippen molar-refractivity contribution in [1.82, 2.24) is 15.3 Å². The monoisotopic (exact) mass is 339 g/mol. The second-order valence-electron chi connectivity index (χ2n) is 4.64. The first-order valence-corrected chi connectivity index (χ1v) is 8.71. The third kappa shape index (κ3) is 3.70. The second-order valence-corrected chi connectivity index (χ2v) is 6.64. The summed E-state index contributed by atoms with van der Waals surface area (Å²) < 4.78 is 0. The maximum absolute atomic E-state index is 11.7. The van der Waals surface area contributed by atoms with Gasteiger partial charge in [-0.25, -0.2) is 9.97 Å². The summed E-state index contributed by atoms with van der Waals surface area (Å²) in [7, 11) is 0. The molecule has 2 heterocycles. The molecule has 0 aliphatic heterocycles. The third-order valence-corrected chi connectivity index (χ3v) is 5.18. The van der Waals surface area contributed by atoms with E-state index in [1.54, 1.807) is 11.3 Å². The number of fused-ring (bicyclic) bond motifs is 1. The first-order valence-electron chi connectivity index (χ1n) is 6.91. The van der Waals surface area contributed by atoms with Gasteiger partial charge in [0.15, 0.2) is 0 Å². The van der Waals surface area contributed by atoms with Gasteiger partial charge < -0.3 is 5.32 Å². The minimum Gasteiger partial charge on any atom is -0.344 e. The fourth-order valence-corrected chi connectivity index (χ4v) is 3.90. The number of terminal acetylenes is 1. The van der Waals surface area contributed by atoms with Crippen molar-refractivity contribution in [3.63, 3.8) is 0 Å². The van der Waals surface area contributed by atoms with Crippen molar-refractivity contribution in [1.29, 1.82) is 0 Å². The Morgan fingerprint density at radius 3 is 2.91 bits per heavy atom. The predicted molar refractivity (Wildman–Crippen MR) is 95.4 cm³/mol. The minimum absolute atomic E-state index is 0.0989. The highest BCUT2D eigenvalue weighted by atomic mass is 32.2. The number of hydrogen-bond donors (Lipinski definition) is 1. The van der Waals surface area contributed by atoms with Gasteiger partial charge in [0, 0.05) is 10.3 Å². The normalized spacial score (nSPS) is 10.4. The zero-order valence-electron chi connectivity index (χ0n) is 12.2.